The second kappa shape index (κ2) is 6.45. The number of rotatable bonds is 3. The Labute approximate surface area is 137 Å². The Morgan fingerprint density at radius 3 is 2.82 bits per heavy atom. The van der Waals surface area contributed by atoms with Crippen LogP contribution in [-0.2, 0) is 10.2 Å². The topological polar surface area (TPSA) is 52.7 Å². The third-order valence-electron chi connectivity index (χ3n) is 4.44. The molecule has 7 heteroatoms. The molecule has 0 aromatic heterocycles. The molecule has 2 atom stereocenters. The number of hydrogen-bond donors (Lipinski definition) is 1. The molecule has 2 unspecified atom stereocenters. The fourth-order valence-corrected chi connectivity index (χ4v) is 5.33. The van der Waals surface area contributed by atoms with Crippen LogP contribution in [-0.4, -0.2) is 49.8 Å². The van der Waals surface area contributed by atoms with Crippen LogP contribution in [0.25, 0.3) is 0 Å². The zero-order chi connectivity index (χ0) is 15.7. The summed E-state index contributed by atoms with van der Waals surface area (Å²) in [5.41, 5.74) is 0.940. The van der Waals surface area contributed by atoms with Crippen molar-refractivity contribution in [2.45, 2.75) is 19.4 Å². The van der Waals surface area contributed by atoms with E-state index < -0.39 is 10.2 Å². The van der Waals surface area contributed by atoms with Gasteiger partial charge in [0.15, 0.2) is 0 Å². The molecule has 2 fully saturated rings. The van der Waals surface area contributed by atoms with Gasteiger partial charge in [0.25, 0.3) is 10.2 Å². The molecule has 3 rings (SSSR count). The van der Waals surface area contributed by atoms with Crippen molar-refractivity contribution in [3.8, 4) is 0 Å². The second-order valence-corrected chi connectivity index (χ2v) is 8.46. The Morgan fingerprint density at radius 2 is 2.14 bits per heavy atom. The molecule has 0 saturated carbocycles. The zero-order valence-electron chi connectivity index (χ0n) is 12.7. The molecule has 0 aliphatic carbocycles. The van der Waals surface area contributed by atoms with Crippen molar-refractivity contribution in [3.05, 3.63) is 34.9 Å². The van der Waals surface area contributed by atoms with Crippen molar-refractivity contribution >= 4 is 21.8 Å². The average Bonchev–Trinajstić information content (AvgIpc) is 2.95. The number of benzene rings is 1. The van der Waals surface area contributed by atoms with Gasteiger partial charge in [0.2, 0.25) is 0 Å². The van der Waals surface area contributed by atoms with Crippen molar-refractivity contribution in [2.75, 3.05) is 32.7 Å². The van der Waals surface area contributed by atoms with E-state index in [-0.39, 0.29) is 6.04 Å². The predicted molar refractivity (Wildman–Crippen MR) is 88.0 cm³/mol. The first-order valence-electron chi connectivity index (χ1n) is 7.71. The van der Waals surface area contributed by atoms with Gasteiger partial charge in [0, 0.05) is 37.7 Å². The highest BCUT2D eigenvalue weighted by atomic mass is 35.5. The second-order valence-electron chi connectivity index (χ2n) is 6.15. The highest BCUT2D eigenvalue weighted by Crippen LogP contribution is 2.30. The molecule has 1 aromatic rings. The summed E-state index contributed by atoms with van der Waals surface area (Å²) in [5, 5.41) is 3.92. The summed E-state index contributed by atoms with van der Waals surface area (Å²) in [5.74, 6) is 0.433. The summed E-state index contributed by atoms with van der Waals surface area (Å²) in [6, 6.07) is 7.28. The predicted octanol–water partition coefficient (Wildman–Crippen LogP) is 1.87. The molecule has 2 aliphatic rings. The van der Waals surface area contributed by atoms with Crippen molar-refractivity contribution < 1.29 is 8.42 Å². The molecule has 0 bridgehead atoms. The maximum Gasteiger partial charge on any atom is 0.282 e. The summed E-state index contributed by atoms with van der Waals surface area (Å²) < 4.78 is 29.2. The molecule has 1 aromatic carbocycles. The smallest absolute Gasteiger partial charge is 0.282 e. The van der Waals surface area contributed by atoms with Crippen LogP contribution < -0.4 is 5.32 Å². The zero-order valence-corrected chi connectivity index (χ0v) is 14.3. The van der Waals surface area contributed by atoms with Crippen LogP contribution >= 0.6 is 11.6 Å². The summed E-state index contributed by atoms with van der Waals surface area (Å²) in [6.45, 7) is 5.12. The number of piperazine rings is 1. The van der Waals surface area contributed by atoms with E-state index in [0.29, 0.717) is 43.7 Å². The molecule has 122 valence electrons. The third-order valence-corrected chi connectivity index (χ3v) is 6.69. The van der Waals surface area contributed by atoms with Crippen LogP contribution in [0.15, 0.2) is 24.3 Å². The first-order chi connectivity index (χ1) is 10.5. The van der Waals surface area contributed by atoms with E-state index >= 15 is 0 Å². The lowest BCUT2D eigenvalue weighted by atomic mass is 10.1. The lowest BCUT2D eigenvalue weighted by molar-refractivity contribution is 0.252. The Kier molecular flexibility index (Phi) is 4.75. The number of hydrogen-bond acceptors (Lipinski definition) is 3. The van der Waals surface area contributed by atoms with E-state index in [2.05, 4.69) is 12.2 Å². The van der Waals surface area contributed by atoms with Gasteiger partial charge in [0.05, 0.1) is 6.04 Å². The normalized spacial score (nSPS) is 28.1. The maximum atomic E-state index is 13.0. The van der Waals surface area contributed by atoms with E-state index in [4.69, 9.17) is 11.6 Å². The summed E-state index contributed by atoms with van der Waals surface area (Å²) >= 11 is 6.07. The quantitative estimate of drug-likeness (QED) is 0.911. The number of halogens is 1. The highest BCUT2D eigenvalue weighted by Gasteiger charge is 2.39. The van der Waals surface area contributed by atoms with Gasteiger partial charge in [-0.2, -0.15) is 17.0 Å². The molecule has 1 N–H and O–H groups in total. The molecule has 0 radical (unpaired) electrons. The summed E-state index contributed by atoms with van der Waals surface area (Å²) in [6.07, 6.45) is 0.938. The Morgan fingerprint density at radius 1 is 1.32 bits per heavy atom. The monoisotopic (exact) mass is 343 g/mol. The van der Waals surface area contributed by atoms with E-state index in [1.54, 1.807) is 8.61 Å². The van der Waals surface area contributed by atoms with Gasteiger partial charge in [-0.05, 0) is 30.0 Å². The molecule has 22 heavy (non-hydrogen) atoms. The number of nitrogens with zero attached hydrogens (tertiary/aromatic N) is 2. The molecular formula is C15H22ClN3O2S. The molecule has 0 spiro atoms. The van der Waals surface area contributed by atoms with Gasteiger partial charge in [-0.25, -0.2) is 0 Å². The Bertz CT molecular complexity index is 637. The van der Waals surface area contributed by atoms with Crippen molar-refractivity contribution in [3.63, 3.8) is 0 Å². The van der Waals surface area contributed by atoms with Crippen LogP contribution in [0.4, 0.5) is 0 Å². The molecular weight excluding hydrogens is 322 g/mol. The Balaban J connectivity index is 1.89. The number of nitrogens with one attached hydrogen (secondary N) is 1. The molecule has 0 amide bonds. The molecule has 2 aliphatic heterocycles. The minimum Gasteiger partial charge on any atom is -0.313 e. The maximum absolute atomic E-state index is 13.0. The first kappa shape index (κ1) is 16.2. The lowest BCUT2D eigenvalue weighted by Gasteiger charge is -2.37. The highest BCUT2D eigenvalue weighted by molar-refractivity contribution is 7.86. The SMILES string of the molecule is CC1CCN(S(=O)(=O)N2CCNCC2c2cccc(Cl)c2)C1. The third kappa shape index (κ3) is 3.16. The van der Waals surface area contributed by atoms with Gasteiger partial charge in [-0.3, -0.25) is 0 Å². The lowest BCUT2D eigenvalue weighted by Crippen LogP contribution is -2.52. The minimum absolute atomic E-state index is 0.201. The van der Waals surface area contributed by atoms with Gasteiger partial charge >= 0.3 is 0 Å². The van der Waals surface area contributed by atoms with Gasteiger partial charge in [-0.1, -0.05) is 30.7 Å². The summed E-state index contributed by atoms with van der Waals surface area (Å²) in [4.78, 5) is 0. The van der Waals surface area contributed by atoms with Crippen LogP contribution in [0.3, 0.4) is 0 Å². The minimum atomic E-state index is -3.42. The van der Waals surface area contributed by atoms with Crippen LogP contribution in [0, 0.1) is 5.92 Å². The van der Waals surface area contributed by atoms with Crippen molar-refractivity contribution in [1.82, 2.24) is 13.9 Å². The average molecular weight is 344 g/mol. The largest absolute Gasteiger partial charge is 0.313 e. The standard InChI is InChI=1S/C15H22ClN3O2S/c1-12-5-7-18(11-12)22(20,21)19-8-6-17-10-15(19)13-3-2-4-14(16)9-13/h2-4,9,12,15,17H,5-8,10-11H2,1H3. The van der Waals surface area contributed by atoms with E-state index in [9.17, 15) is 8.42 Å². The molecule has 2 saturated heterocycles. The molecule has 5 nitrogen and oxygen atoms in total. The fraction of sp³-hybridized carbons (Fsp3) is 0.600. The Hall–Kier alpha value is -0.660. The van der Waals surface area contributed by atoms with Crippen LogP contribution in [0.5, 0.6) is 0 Å². The van der Waals surface area contributed by atoms with Gasteiger partial charge in [0.1, 0.15) is 0 Å². The van der Waals surface area contributed by atoms with Crippen LogP contribution in [0.2, 0.25) is 5.02 Å². The van der Waals surface area contributed by atoms with Crippen molar-refractivity contribution in [1.29, 1.82) is 0 Å². The molecule has 2 heterocycles. The van der Waals surface area contributed by atoms with Gasteiger partial charge in [-0.15, -0.1) is 0 Å². The first-order valence-corrected chi connectivity index (χ1v) is 9.49. The fourth-order valence-electron chi connectivity index (χ4n) is 3.21. The summed E-state index contributed by atoms with van der Waals surface area (Å²) in [7, 11) is -3.42. The van der Waals surface area contributed by atoms with Gasteiger partial charge < -0.3 is 5.32 Å². The van der Waals surface area contributed by atoms with Crippen molar-refractivity contribution in [2.24, 2.45) is 5.92 Å². The van der Waals surface area contributed by atoms with Crippen LogP contribution in [0.1, 0.15) is 24.9 Å². The van der Waals surface area contributed by atoms with E-state index in [1.807, 2.05) is 24.3 Å². The van der Waals surface area contributed by atoms with E-state index in [1.165, 1.54) is 0 Å². The van der Waals surface area contributed by atoms with E-state index in [0.717, 1.165) is 12.0 Å².